The summed E-state index contributed by atoms with van der Waals surface area (Å²) in [6, 6.07) is 25.2. The van der Waals surface area contributed by atoms with Gasteiger partial charge in [0.15, 0.2) is 0 Å². The number of benzene rings is 2. The maximum Gasteiger partial charge on any atom is 0.0893 e. The molecule has 0 N–H and O–H groups in total. The van der Waals surface area contributed by atoms with Gasteiger partial charge in [0.2, 0.25) is 0 Å². The first-order valence-electron chi connectivity index (χ1n) is 8.25. The van der Waals surface area contributed by atoms with Crippen molar-refractivity contribution in [2.45, 2.75) is 13.3 Å². The van der Waals surface area contributed by atoms with Crippen LogP contribution in [0.4, 0.5) is 0 Å². The highest BCUT2D eigenvalue weighted by Gasteiger charge is 2.04. The minimum Gasteiger partial charge on any atom is -0.255 e. The van der Waals surface area contributed by atoms with Crippen molar-refractivity contribution in [1.29, 1.82) is 0 Å². The molecule has 116 valence electrons. The molecular formula is C22H18N2. The number of hydrogen-bond acceptors (Lipinski definition) is 2. The Balaban J connectivity index is 1.78. The Morgan fingerprint density at radius 3 is 2.29 bits per heavy atom. The van der Waals surface area contributed by atoms with Crippen LogP contribution in [0.25, 0.3) is 33.4 Å². The van der Waals surface area contributed by atoms with Gasteiger partial charge in [0.05, 0.1) is 16.9 Å². The van der Waals surface area contributed by atoms with E-state index in [1.807, 2.05) is 24.3 Å². The number of rotatable bonds is 3. The van der Waals surface area contributed by atoms with Gasteiger partial charge in [-0.15, -0.1) is 0 Å². The van der Waals surface area contributed by atoms with E-state index in [-0.39, 0.29) is 0 Å². The Kier molecular flexibility index (Phi) is 3.80. The van der Waals surface area contributed by atoms with Crippen LogP contribution in [-0.4, -0.2) is 9.97 Å². The van der Waals surface area contributed by atoms with Crippen molar-refractivity contribution in [2.75, 3.05) is 0 Å². The van der Waals surface area contributed by atoms with Gasteiger partial charge in [-0.05, 0) is 47.4 Å². The molecule has 0 unspecified atom stereocenters. The lowest BCUT2D eigenvalue weighted by atomic mass is 10.0. The van der Waals surface area contributed by atoms with Gasteiger partial charge in [0.25, 0.3) is 0 Å². The lowest BCUT2D eigenvalue weighted by Crippen LogP contribution is -1.88. The minimum atomic E-state index is 0.900. The van der Waals surface area contributed by atoms with E-state index in [2.05, 4.69) is 60.4 Å². The van der Waals surface area contributed by atoms with Crippen molar-refractivity contribution in [3.8, 4) is 22.5 Å². The molecule has 0 aliphatic rings. The van der Waals surface area contributed by atoms with Crippen molar-refractivity contribution < 1.29 is 0 Å². The number of nitrogens with zero attached hydrogens (tertiary/aromatic N) is 2. The molecule has 0 aliphatic heterocycles. The highest BCUT2D eigenvalue weighted by Crippen LogP contribution is 2.26. The highest BCUT2D eigenvalue weighted by atomic mass is 14.8. The molecule has 0 amide bonds. The Bertz CT molecular complexity index is 974. The van der Waals surface area contributed by atoms with Crippen molar-refractivity contribution in [2.24, 2.45) is 0 Å². The Labute approximate surface area is 141 Å². The number of aromatic nitrogens is 2. The van der Waals surface area contributed by atoms with Gasteiger partial charge < -0.3 is 0 Å². The number of pyridine rings is 2. The van der Waals surface area contributed by atoms with Crippen molar-refractivity contribution in [3.63, 3.8) is 0 Å². The van der Waals surface area contributed by atoms with Crippen molar-refractivity contribution >= 4 is 10.9 Å². The normalized spacial score (nSPS) is 10.9. The fourth-order valence-electron chi connectivity index (χ4n) is 2.89. The lowest BCUT2D eigenvalue weighted by molar-refractivity contribution is 1.14. The van der Waals surface area contributed by atoms with E-state index in [9.17, 15) is 0 Å². The third-order valence-electron chi connectivity index (χ3n) is 4.31. The van der Waals surface area contributed by atoms with Gasteiger partial charge in [0, 0.05) is 11.6 Å². The molecule has 2 heteroatoms. The highest BCUT2D eigenvalue weighted by molar-refractivity contribution is 5.86. The fourth-order valence-corrected chi connectivity index (χ4v) is 2.89. The molecule has 24 heavy (non-hydrogen) atoms. The van der Waals surface area contributed by atoms with Gasteiger partial charge in [-0.1, -0.05) is 55.5 Å². The fraction of sp³-hybridized carbons (Fsp3) is 0.0909. The number of hydrogen-bond donors (Lipinski definition) is 0. The summed E-state index contributed by atoms with van der Waals surface area (Å²) in [7, 11) is 0. The minimum absolute atomic E-state index is 0.900. The van der Waals surface area contributed by atoms with Crippen LogP contribution in [-0.2, 0) is 6.42 Å². The summed E-state index contributed by atoms with van der Waals surface area (Å²) in [6.45, 7) is 2.17. The summed E-state index contributed by atoms with van der Waals surface area (Å²) in [6.07, 6.45) is 2.86. The van der Waals surface area contributed by atoms with Gasteiger partial charge in [-0.2, -0.15) is 0 Å². The quantitative estimate of drug-likeness (QED) is 0.497. The van der Waals surface area contributed by atoms with Crippen molar-refractivity contribution in [3.05, 3.63) is 84.6 Å². The van der Waals surface area contributed by atoms with Crippen LogP contribution in [0.3, 0.4) is 0 Å². The van der Waals surface area contributed by atoms with E-state index in [1.165, 1.54) is 16.7 Å². The SMILES string of the molecule is CCc1ccc(-c2ccc3ccc(-c4ccccn4)nc3c2)cc1. The zero-order valence-electron chi connectivity index (χ0n) is 13.6. The second-order valence-corrected chi connectivity index (χ2v) is 5.87. The monoisotopic (exact) mass is 310 g/mol. The van der Waals surface area contributed by atoms with Crippen LogP contribution in [0.15, 0.2) is 79.0 Å². The first-order chi connectivity index (χ1) is 11.8. The molecule has 0 radical (unpaired) electrons. The van der Waals surface area contributed by atoms with E-state index >= 15 is 0 Å². The van der Waals surface area contributed by atoms with Crippen LogP contribution in [0, 0.1) is 0 Å². The smallest absolute Gasteiger partial charge is 0.0893 e. The zero-order chi connectivity index (χ0) is 16.4. The summed E-state index contributed by atoms with van der Waals surface area (Å²) >= 11 is 0. The molecular weight excluding hydrogens is 292 g/mol. The average Bonchev–Trinajstić information content (AvgIpc) is 2.68. The van der Waals surface area contributed by atoms with Crippen LogP contribution in [0.1, 0.15) is 12.5 Å². The van der Waals surface area contributed by atoms with E-state index < -0.39 is 0 Å². The van der Waals surface area contributed by atoms with E-state index in [1.54, 1.807) is 6.20 Å². The maximum absolute atomic E-state index is 4.80. The molecule has 0 spiro atoms. The summed E-state index contributed by atoms with van der Waals surface area (Å²) < 4.78 is 0. The molecule has 2 nitrogen and oxygen atoms in total. The molecule has 0 fully saturated rings. The number of fused-ring (bicyclic) bond motifs is 1. The first-order valence-corrected chi connectivity index (χ1v) is 8.25. The molecule has 4 rings (SSSR count). The Morgan fingerprint density at radius 2 is 1.54 bits per heavy atom. The second-order valence-electron chi connectivity index (χ2n) is 5.87. The third-order valence-corrected chi connectivity index (χ3v) is 4.31. The van der Waals surface area contributed by atoms with E-state index in [0.29, 0.717) is 0 Å². The van der Waals surface area contributed by atoms with Crippen molar-refractivity contribution in [1.82, 2.24) is 9.97 Å². The summed E-state index contributed by atoms with van der Waals surface area (Å²) in [4.78, 5) is 9.20. The van der Waals surface area contributed by atoms with Crippen LogP contribution < -0.4 is 0 Å². The first kappa shape index (κ1) is 14.6. The van der Waals surface area contributed by atoms with Crippen LogP contribution >= 0.6 is 0 Å². The molecule has 0 saturated carbocycles. The summed E-state index contributed by atoms with van der Waals surface area (Å²) in [5.41, 5.74) is 6.57. The van der Waals surface area contributed by atoms with Crippen LogP contribution in [0.2, 0.25) is 0 Å². The Morgan fingerprint density at radius 1 is 0.750 bits per heavy atom. The molecule has 0 saturated heterocycles. The van der Waals surface area contributed by atoms with Crippen LogP contribution in [0.5, 0.6) is 0 Å². The largest absolute Gasteiger partial charge is 0.255 e. The maximum atomic E-state index is 4.80. The molecule has 4 aromatic rings. The second kappa shape index (κ2) is 6.25. The lowest BCUT2D eigenvalue weighted by Gasteiger charge is -2.07. The average molecular weight is 310 g/mol. The predicted octanol–water partition coefficient (Wildman–Crippen LogP) is 5.53. The zero-order valence-corrected chi connectivity index (χ0v) is 13.6. The molecule has 2 aromatic heterocycles. The standard InChI is InChI=1S/C22H18N2/c1-2-16-6-8-17(9-7-16)19-11-10-18-12-13-21(24-22(18)15-19)20-5-3-4-14-23-20/h3-15H,2H2,1H3. The van der Waals surface area contributed by atoms with E-state index in [0.717, 1.165) is 28.7 Å². The predicted molar refractivity (Wildman–Crippen MR) is 99.8 cm³/mol. The van der Waals surface area contributed by atoms with Gasteiger partial charge in [-0.25, -0.2) is 4.98 Å². The van der Waals surface area contributed by atoms with Gasteiger partial charge >= 0.3 is 0 Å². The summed E-state index contributed by atoms with van der Waals surface area (Å²) in [5.74, 6) is 0. The molecule has 2 heterocycles. The molecule has 2 aromatic carbocycles. The number of aryl methyl sites for hydroxylation is 1. The summed E-state index contributed by atoms with van der Waals surface area (Å²) in [5, 5.41) is 1.14. The molecule has 0 bridgehead atoms. The van der Waals surface area contributed by atoms with Gasteiger partial charge in [0.1, 0.15) is 0 Å². The Hall–Kier alpha value is -3.00. The van der Waals surface area contributed by atoms with E-state index in [4.69, 9.17) is 4.98 Å². The van der Waals surface area contributed by atoms with Gasteiger partial charge in [-0.3, -0.25) is 4.98 Å². The third kappa shape index (κ3) is 2.79. The molecule has 0 aliphatic carbocycles. The molecule has 0 atom stereocenters. The topological polar surface area (TPSA) is 25.8 Å².